The van der Waals surface area contributed by atoms with E-state index in [1.54, 1.807) is 6.07 Å². The van der Waals surface area contributed by atoms with E-state index in [2.05, 4.69) is 5.32 Å². The zero-order valence-corrected chi connectivity index (χ0v) is 14.1. The van der Waals surface area contributed by atoms with Crippen molar-refractivity contribution in [2.24, 2.45) is 5.73 Å². The average molecular weight is 347 g/mol. The summed E-state index contributed by atoms with van der Waals surface area (Å²) < 4.78 is 11.0. The number of nitrogens with one attached hydrogen (secondary N) is 1. The quantitative estimate of drug-likeness (QED) is 0.892. The number of ether oxygens (including phenoxy) is 2. The third kappa shape index (κ3) is 3.63. The lowest BCUT2D eigenvalue weighted by molar-refractivity contribution is -0.122. The monoisotopic (exact) mass is 346 g/mol. The van der Waals surface area contributed by atoms with Crippen molar-refractivity contribution in [1.82, 2.24) is 5.32 Å². The number of halogens is 1. The molecule has 2 aromatic rings. The molecule has 0 fully saturated rings. The number of amides is 1. The fourth-order valence-electron chi connectivity index (χ4n) is 2.49. The molecular formula is C18H19ClN2O3. The number of fused-ring (bicyclic) bond motifs is 1. The normalized spacial score (nSPS) is 14.1. The first-order chi connectivity index (χ1) is 11.5. The number of rotatable bonds is 4. The average Bonchev–Trinajstić information content (AvgIpc) is 2.60. The van der Waals surface area contributed by atoms with Gasteiger partial charge in [0.1, 0.15) is 19.3 Å². The largest absolute Gasteiger partial charge is 0.486 e. The van der Waals surface area contributed by atoms with Gasteiger partial charge in [-0.1, -0.05) is 41.4 Å². The van der Waals surface area contributed by atoms with Gasteiger partial charge in [0.05, 0.1) is 5.02 Å². The molecule has 1 atom stereocenters. The summed E-state index contributed by atoms with van der Waals surface area (Å²) in [5.74, 6) is 0.903. The summed E-state index contributed by atoms with van der Waals surface area (Å²) in [6.45, 7) is 3.27. The summed E-state index contributed by atoms with van der Waals surface area (Å²) in [4.78, 5) is 12.3. The second-order valence-electron chi connectivity index (χ2n) is 5.71. The van der Waals surface area contributed by atoms with Crippen molar-refractivity contribution < 1.29 is 14.3 Å². The van der Waals surface area contributed by atoms with Gasteiger partial charge in [-0.25, -0.2) is 0 Å². The number of hydrogen-bond donors (Lipinski definition) is 2. The van der Waals surface area contributed by atoms with E-state index in [4.69, 9.17) is 26.8 Å². The van der Waals surface area contributed by atoms with Gasteiger partial charge in [-0.2, -0.15) is 0 Å². The third-order valence-corrected chi connectivity index (χ3v) is 4.12. The van der Waals surface area contributed by atoms with E-state index in [0.29, 0.717) is 36.3 Å². The van der Waals surface area contributed by atoms with Gasteiger partial charge in [0.25, 0.3) is 0 Å². The first kappa shape index (κ1) is 16.6. The summed E-state index contributed by atoms with van der Waals surface area (Å²) in [6.07, 6.45) is 0. The van der Waals surface area contributed by atoms with Crippen LogP contribution in [0.1, 0.15) is 22.7 Å². The predicted octanol–water partition coefficient (Wildman–Crippen LogP) is 2.74. The minimum atomic E-state index is -0.710. The first-order valence-electron chi connectivity index (χ1n) is 7.72. The summed E-state index contributed by atoms with van der Waals surface area (Å²) >= 11 is 6.19. The highest BCUT2D eigenvalue weighted by molar-refractivity contribution is 6.32. The number of carbonyl (C=O) groups excluding carboxylic acids is 1. The van der Waals surface area contributed by atoms with Gasteiger partial charge in [-0.05, 0) is 30.2 Å². The Morgan fingerprint density at radius 2 is 1.96 bits per heavy atom. The Kier molecular flexibility index (Phi) is 4.92. The first-order valence-corrected chi connectivity index (χ1v) is 8.10. The highest BCUT2D eigenvalue weighted by Gasteiger charge is 2.18. The molecule has 6 heteroatoms. The lowest BCUT2D eigenvalue weighted by atomic mass is 10.1. The Morgan fingerprint density at radius 3 is 2.71 bits per heavy atom. The molecule has 0 spiro atoms. The van der Waals surface area contributed by atoms with E-state index in [9.17, 15) is 4.79 Å². The Hall–Kier alpha value is -2.24. The molecule has 0 saturated heterocycles. The summed E-state index contributed by atoms with van der Waals surface area (Å²) in [7, 11) is 0. The zero-order chi connectivity index (χ0) is 17.1. The second-order valence-corrected chi connectivity index (χ2v) is 6.12. The number of carbonyl (C=O) groups is 1. The van der Waals surface area contributed by atoms with Crippen LogP contribution >= 0.6 is 11.6 Å². The Morgan fingerprint density at radius 1 is 1.25 bits per heavy atom. The van der Waals surface area contributed by atoms with Crippen LogP contribution < -0.4 is 20.5 Å². The number of hydrogen-bond acceptors (Lipinski definition) is 4. The fraction of sp³-hybridized carbons (Fsp3) is 0.278. The molecule has 0 aromatic heterocycles. The van der Waals surface area contributed by atoms with Crippen LogP contribution in [0.15, 0.2) is 36.4 Å². The van der Waals surface area contributed by atoms with Crippen molar-refractivity contribution in [2.75, 3.05) is 13.2 Å². The number of nitrogens with two attached hydrogens (primary N) is 1. The van der Waals surface area contributed by atoms with Crippen molar-refractivity contribution in [2.45, 2.75) is 19.5 Å². The van der Waals surface area contributed by atoms with Crippen LogP contribution in [-0.2, 0) is 11.3 Å². The van der Waals surface area contributed by atoms with Crippen LogP contribution in [0.3, 0.4) is 0 Å². The summed E-state index contributed by atoms with van der Waals surface area (Å²) in [6, 6.07) is 10.5. The van der Waals surface area contributed by atoms with Gasteiger partial charge in [0.2, 0.25) is 5.91 Å². The molecular weight excluding hydrogens is 328 g/mol. The van der Waals surface area contributed by atoms with Gasteiger partial charge in [-0.15, -0.1) is 0 Å². The van der Waals surface area contributed by atoms with Gasteiger partial charge in [0.15, 0.2) is 11.5 Å². The van der Waals surface area contributed by atoms with E-state index < -0.39 is 6.04 Å². The minimum absolute atomic E-state index is 0.245. The van der Waals surface area contributed by atoms with Crippen LogP contribution in [0.5, 0.6) is 11.5 Å². The van der Waals surface area contributed by atoms with Gasteiger partial charge >= 0.3 is 0 Å². The summed E-state index contributed by atoms with van der Waals surface area (Å²) in [5, 5.41) is 3.30. The molecule has 24 heavy (non-hydrogen) atoms. The summed E-state index contributed by atoms with van der Waals surface area (Å²) in [5.41, 5.74) is 8.74. The lowest BCUT2D eigenvalue weighted by Gasteiger charge is -2.20. The molecule has 0 saturated carbocycles. The SMILES string of the molecule is Cc1ccc(C(N)C(=O)NCc2cc(Cl)c3c(c2)OCCO3)cc1. The second kappa shape index (κ2) is 7.11. The molecule has 3 N–H and O–H groups in total. The molecule has 2 aromatic carbocycles. The third-order valence-electron chi connectivity index (χ3n) is 3.84. The van der Waals surface area contributed by atoms with Gasteiger partial charge in [0, 0.05) is 6.54 Å². The van der Waals surface area contributed by atoms with Crippen molar-refractivity contribution in [3.63, 3.8) is 0 Å². The molecule has 126 valence electrons. The van der Waals surface area contributed by atoms with E-state index in [1.165, 1.54) is 0 Å². The predicted molar refractivity (Wildman–Crippen MR) is 92.4 cm³/mol. The molecule has 1 aliphatic heterocycles. The maximum atomic E-state index is 12.3. The lowest BCUT2D eigenvalue weighted by Crippen LogP contribution is -2.33. The standard InChI is InChI=1S/C18H19ClN2O3/c1-11-2-4-13(5-3-11)16(20)18(22)21-10-12-8-14(19)17-15(9-12)23-6-7-24-17/h2-5,8-9,16H,6-7,10,20H2,1H3,(H,21,22). The van der Waals surface area contributed by atoms with Crippen LogP contribution in [0, 0.1) is 6.92 Å². The number of aryl methyl sites for hydroxylation is 1. The molecule has 0 bridgehead atoms. The zero-order valence-electron chi connectivity index (χ0n) is 13.3. The van der Waals surface area contributed by atoms with Crippen LogP contribution in [0.2, 0.25) is 5.02 Å². The van der Waals surface area contributed by atoms with E-state index in [1.807, 2.05) is 37.3 Å². The Balaban J connectivity index is 1.66. The van der Waals surface area contributed by atoms with E-state index >= 15 is 0 Å². The number of benzene rings is 2. The Bertz CT molecular complexity index is 747. The van der Waals surface area contributed by atoms with E-state index in [-0.39, 0.29) is 5.91 Å². The van der Waals surface area contributed by atoms with Crippen molar-refractivity contribution in [3.05, 3.63) is 58.1 Å². The minimum Gasteiger partial charge on any atom is -0.486 e. The molecule has 1 amide bonds. The van der Waals surface area contributed by atoms with Crippen molar-refractivity contribution in [3.8, 4) is 11.5 Å². The van der Waals surface area contributed by atoms with Gasteiger partial charge < -0.3 is 20.5 Å². The highest BCUT2D eigenvalue weighted by Crippen LogP contribution is 2.38. The van der Waals surface area contributed by atoms with E-state index in [0.717, 1.165) is 16.7 Å². The highest BCUT2D eigenvalue weighted by atomic mass is 35.5. The molecule has 1 unspecified atom stereocenters. The molecule has 5 nitrogen and oxygen atoms in total. The topological polar surface area (TPSA) is 73.6 Å². The molecule has 3 rings (SSSR count). The van der Waals surface area contributed by atoms with Crippen LogP contribution in [0.25, 0.3) is 0 Å². The molecule has 1 heterocycles. The molecule has 0 aliphatic carbocycles. The van der Waals surface area contributed by atoms with Crippen molar-refractivity contribution in [1.29, 1.82) is 0 Å². The molecule has 1 aliphatic rings. The maximum absolute atomic E-state index is 12.3. The fourth-order valence-corrected chi connectivity index (χ4v) is 2.78. The van der Waals surface area contributed by atoms with Gasteiger partial charge in [-0.3, -0.25) is 4.79 Å². The maximum Gasteiger partial charge on any atom is 0.241 e. The van der Waals surface area contributed by atoms with Crippen molar-refractivity contribution >= 4 is 17.5 Å². The molecule has 0 radical (unpaired) electrons. The van der Waals surface area contributed by atoms with Crippen LogP contribution in [0.4, 0.5) is 0 Å². The smallest absolute Gasteiger partial charge is 0.241 e. The Labute approximate surface area is 145 Å². The van der Waals surface area contributed by atoms with Crippen LogP contribution in [-0.4, -0.2) is 19.1 Å².